The Morgan fingerprint density at radius 1 is 1.33 bits per heavy atom. The van der Waals surface area contributed by atoms with Crippen molar-refractivity contribution in [2.45, 2.75) is 32.9 Å². The number of halogens is 1. The third-order valence-corrected chi connectivity index (χ3v) is 4.43. The van der Waals surface area contributed by atoms with Gasteiger partial charge in [-0.15, -0.1) is 0 Å². The van der Waals surface area contributed by atoms with Crippen molar-refractivity contribution in [3.8, 4) is 5.75 Å². The lowest BCUT2D eigenvalue weighted by molar-refractivity contribution is 0.0466. The fourth-order valence-electron chi connectivity index (χ4n) is 2.92. The zero-order valence-corrected chi connectivity index (χ0v) is 15.0. The molecule has 0 radical (unpaired) electrons. The molecule has 1 aromatic heterocycles. The van der Waals surface area contributed by atoms with Gasteiger partial charge in [-0.2, -0.15) is 0 Å². The minimum Gasteiger partial charge on any atom is -0.493 e. The second kappa shape index (κ2) is 7.21. The maximum Gasteiger partial charge on any atom is 0.344 e. The number of aromatic nitrogens is 1. The molecule has 0 amide bonds. The summed E-state index contributed by atoms with van der Waals surface area (Å²) in [7, 11) is 0. The van der Waals surface area contributed by atoms with Gasteiger partial charge in [-0.1, -0.05) is 28.1 Å². The van der Waals surface area contributed by atoms with E-state index in [1.54, 1.807) is 4.57 Å². The van der Waals surface area contributed by atoms with Gasteiger partial charge in [-0.3, -0.25) is 4.79 Å². The highest BCUT2D eigenvalue weighted by Crippen LogP contribution is 2.27. The van der Waals surface area contributed by atoms with Crippen molar-refractivity contribution in [2.75, 3.05) is 6.61 Å². The Kier molecular flexibility index (Phi) is 5.04. The molecule has 1 aliphatic heterocycles. The summed E-state index contributed by atoms with van der Waals surface area (Å²) in [6.07, 6.45) is 1.52. The van der Waals surface area contributed by atoms with Crippen LogP contribution in [0, 0.1) is 0 Å². The van der Waals surface area contributed by atoms with Crippen LogP contribution >= 0.6 is 15.9 Å². The molecule has 1 aliphatic rings. The van der Waals surface area contributed by atoms with Gasteiger partial charge in [0.1, 0.15) is 17.9 Å². The second-order valence-corrected chi connectivity index (χ2v) is 6.48. The van der Waals surface area contributed by atoms with Gasteiger partial charge >= 0.3 is 5.97 Å². The van der Waals surface area contributed by atoms with E-state index in [0.29, 0.717) is 36.6 Å². The zero-order valence-electron chi connectivity index (χ0n) is 13.4. The SMILES string of the molecule is CCOc1cc(=O)n2c(c1C(=O)OCc1cccc(Br)c1)CCC2. The Morgan fingerprint density at radius 2 is 2.17 bits per heavy atom. The van der Waals surface area contributed by atoms with Crippen molar-refractivity contribution in [1.29, 1.82) is 0 Å². The van der Waals surface area contributed by atoms with Crippen LogP contribution in [0.3, 0.4) is 0 Å². The summed E-state index contributed by atoms with van der Waals surface area (Å²) < 4.78 is 13.5. The lowest BCUT2D eigenvalue weighted by atomic mass is 10.1. The van der Waals surface area contributed by atoms with E-state index in [4.69, 9.17) is 9.47 Å². The first kappa shape index (κ1) is 16.8. The highest BCUT2D eigenvalue weighted by molar-refractivity contribution is 9.10. The van der Waals surface area contributed by atoms with Crippen LogP contribution in [0.4, 0.5) is 0 Å². The molecule has 0 unspecified atom stereocenters. The Labute approximate surface area is 148 Å². The third-order valence-electron chi connectivity index (χ3n) is 3.94. The average Bonchev–Trinajstić information content (AvgIpc) is 3.03. The summed E-state index contributed by atoms with van der Waals surface area (Å²) in [5.41, 5.74) is 1.85. The van der Waals surface area contributed by atoms with Crippen molar-refractivity contribution < 1.29 is 14.3 Å². The van der Waals surface area contributed by atoms with Crippen LogP contribution in [-0.2, 0) is 24.3 Å². The van der Waals surface area contributed by atoms with Crippen LogP contribution in [0.25, 0.3) is 0 Å². The summed E-state index contributed by atoms with van der Waals surface area (Å²) in [5, 5.41) is 0. The number of benzene rings is 1. The van der Waals surface area contributed by atoms with E-state index in [9.17, 15) is 9.59 Å². The van der Waals surface area contributed by atoms with E-state index in [1.165, 1.54) is 6.07 Å². The highest BCUT2D eigenvalue weighted by Gasteiger charge is 2.26. The molecule has 6 heteroatoms. The lowest BCUT2D eigenvalue weighted by Crippen LogP contribution is -2.23. The van der Waals surface area contributed by atoms with Crippen LogP contribution < -0.4 is 10.3 Å². The van der Waals surface area contributed by atoms with Crippen molar-refractivity contribution >= 4 is 21.9 Å². The van der Waals surface area contributed by atoms with Crippen molar-refractivity contribution in [1.82, 2.24) is 4.57 Å². The van der Waals surface area contributed by atoms with Crippen LogP contribution in [0.2, 0.25) is 0 Å². The highest BCUT2D eigenvalue weighted by atomic mass is 79.9. The van der Waals surface area contributed by atoms with Gasteiger partial charge in [-0.05, 0) is 37.5 Å². The monoisotopic (exact) mass is 391 g/mol. The molecule has 24 heavy (non-hydrogen) atoms. The van der Waals surface area contributed by atoms with Crippen molar-refractivity contribution in [3.63, 3.8) is 0 Å². The van der Waals surface area contributed by atoms with Gasteiger partial charge in [0, 0.05) is 22.8 Å². The van der Waals surface area contributed by atoms with Crippen LogP contribution in [0.15, 0.2) is 39.6 Å². The predicted octanol–water partition coefficient (Wildman–Crippen LogP) is 3.31. The van der Waals surface area contributed by atoms with Crippen molar-refractivity contribution in [2.24, 2.45) is 0 Å². The number of hydrogen-bond donors (Lipinski definition) is 0. The maximum absolute atomic E-state index is 12.6. The summed E-state index contributed by atoms with van der Waals surface area (Å²) in [4.78, 5) is 24.8. The topological polar surface area (TPSA) is 57.5 Å². The van der Waals surface area contributed by atoms with Gasteiger partial charge < -0.3 is 14.0 Å². The molecule has 3 rings (SSSR count). The maximum atomic E-state index is 12.6. The van der Waals surface area contributed by atoms with E-state index < -0.39 is 5.97 Å². The third kappa shape index (κ3) is 3.38. The molecule has 126 valence electrons. The molecule has 0 aliphatic carbocycles. The van der Waals surface area contributed by atoms with E-state index >= 15 is 0 Å². The van der Waals surface area contributed by atoms with Crippen LogP contribution in [0.5, 0.6) is 5.75 Å². The number of carbonyl (C=O) groups excluding carboxylic acids is 1. The Bertz CT molecular complexity index is 828. The first-order valence-corrected chi connectivity index (χ1v) is 8.70. The van der Waals surface area contributed by atoms with E-state index in [1.807, 2.05) is 31.2 Å². The minimum atomic E-state index is -0.455. The van der Waals surface area contributed by atoms with Gasteiger partial charge in [0.05, 0.1) is 6.61 Å². The second-order valence-electron chi connectivity index (χ2n) is 5.56. The smallest absolute Gasteiger partial charge is 0.344 e. The number of carbonyl (C=O) groups is 1. The van der Waals surface area contributed by atoms with Gasteiger partial charge in [0.15, 0.2) is 0 Å². The normalized spacial score (nSPS) is 12.8. The summed E-state index contributed by atoms with van der Waals surface area (Å²) >= 11 is 3.40. The first-order valence-electron chi connectivity index (χ1n) is 7.91. The molecule has 0 N–H and O–H groups in total. The molecule has 2 heterocycles. The fourth-order valence-corrected chi connectivity index (χ4v) is 3.36. The number of nitrogens with zero attached hydrogens (tertiary/aromatic N) is 1. The number of fused-ring (bicyclic) bond motifs is 1. The average molecular weight is 392 g/mol. The molecule has 0 saturated heterocycles. The molecule has 1 aromatic carbocycles. The molecule has 2 aromatic rings. The molecule has 0 saturated carbocycles. The van der Waals surface area contributed by atoms with Crippen LogP contribution in [-0.4, -0.2) is 17.1 Å². The Morgan fingerprint density at radius 3 is 2.92 bits per heavy atom. The molecular weight excluding hydrogens is 374 g/mol. The molecular formula is C18H18BrNO4. The molecule has 5 nitrogen and oxygen atoms in total. The Balaban J connectivity index is 1.88. The standard InChI is InChI=1S/C18H18BrNO4/c1-2-23-15-10-16(21)20-8-4-7-14(20)17(15)18(22)24-11-12-5-3-6-13(19)9-12/h3,5-6,9-10H,2,4,7-8,11H2,1H3. The van der Waals surface area contributed by atoms with E-state index in [0.717, 1.165) is 16.5 Å². The van der Waals surface area contributed by atoms with E-state index in [2.05, 4.69) is 15.9 Å². The number of rotatable bonds is 5. The molecule has 0 fully saturated rings. The van der Waals surface area contributed by atoms with Crippen LogP contribution in [0.1, 0.15) is 35.0 Å². The van der Waals surface area contributed by atoms with Crippen molar-refractivity contribution in [3.05, 3.63) is 62.0 Å². The fraction of sp³-hybridized carbons (Fsp3) is 0.333. The van der Waals surface area contributed by atoms with Gasteiger partial charge in [0.25, 0.3) is 5.56 Å². The van der Waals surface area contributed by atoms with E-state index in [-0.39, 0.29) is 12.2 Å². The number of esters is 1. The minimum absolute atomic E-state index is 0.130. The predicted molar refractivity (Wildman–Crippen MR) is 93.5 cm³/mol. The quantitative estimate of drug-likeness (QED) is 0.733. The summed E-state index contributed by atoms with van der Waals surface area (Å²) in [6.45, 7) is 3.01. The molecule has 0 spiro atoms. The lowest BCUT2D eigenvalue weighted by Gasteiger charge is -2.14. The Hall–Kier alpha value is -2.08. The molecule has 0 atom stereocenters. The summed E-state index contributed by atoms with van der Waals surface area (Å²) in [5.74, 6) is -0.140. The molecule has 0 bridgehead atoms. The zero-order chi connectivity index (χ0) is 17.1. The number of ether oxygens (including phenoxy) is 2. The first-order chi connectivity index (χ1) is 11.6. The van der Waals surface area contributed by atoms with Gasteiger partial charge in [-0.25, -0.2) is 4.79 Å². The summed E-state index contributed by atoms with van der Waals surface area (Å²) in [6, 6.07) is 8.97. The van der Waals surface area contributed by atoms with Gasteiger partial charge in [0.2, 0.25) is 0 Å². The largest absolute Gasteiger partial charge is 0.493 e. The number of pyridine rings is 1. The number of hydrogen-bond acceptors (Lipinski definition) is 4.